The topological polar surface area (TPSA) is 26.9 Å². The van der Waals surface area contributed by atoms with Gasteiger partial charge in [0.05, 0.1) is 11.0 Å². The Bertz CT molecular complexity index is 707. The van der Waals surface area contributed by atoms with E-state index >= 15 is 0 Å². The van der Waals surface area contributed by atoms with Gasteiger partial charge in [-0.25, -0.2) is 4.79 Å². The number of rotatable bonds is 2. The molecule has 0 amide bonds. The maximum absolute atomic E-state index is 12.0. The molecule has 1 unspecified atom stereocenters. The smallest absolute Gasteiger partial charge is 0.295 e. The minimum Gasteiger partial charge on any atom is -0.295 e. The van der Waals surface area contributed by atoms with E-state index in [2.05, 4.69) is 41.1 Å². The summed E-state index contributed by atoms with van der Waals surface area (Å²) in [6.45, 7) is 2.37. The number of imidazole rings is 1. The second-order valence-corrected chi connectivity index (χ2v) is 7.29. The van der Waals surface area contributed by atoms with E-state index in [-0.39, 0.29) is 5.69 Å². The van der Waals surface area contributed by atoms with Gasteiger partial charge in [-0.1, -0.05) is 41.8 Å². The second-order valence-electron chi connectivity index (χ2n) is 6.37. The molecule has 1 aromatic heterocycles. The fourth-order valence-electron chi connectivity index (χ4n) is 3.52. The molecule has 0 spiro atoms. The Labute approximate surface area is 127 Å². The number of benzene rings is 1. The van der Waals surface area contributed by atoms with Crippen molar-refractivity contribution < 1.29 is 0 Å². The molecular formula is C16H21BrN2O. The third-order valence-electron chi connectivity index (χ3n) is 4.95. The van der Waals surface area contributed by atoms with Crippen molar-refractivity contribution in [2.24, 2.45) is 19.5 Å². The van der Waals surface area contributed by atoms with Crippen LogP contribution in [-0.4, -0.2) is 9.13 Å². The lowest BCUT2D eigenvalue weighted by Gasteiger charge is -2.30. The largest absolute Gasteiger partial charge is 0.328 e. The molecule has 1 fully saturated rings. The molecule has 1 heterocycles. The van der Waals surface area contributed by atoms with Gasteiger partial charge in [-0.3, -0.25) is 9.13 Å². The lowest BCUT2D eigenvalue weighted by Crippen LogP contribution is -2.19. The van der Waals surface area contributed by atoms with Gasteiger partial charge >= 0.3 is 5.69 Å². The van der Waals surface area contributed by atoms with Crippen molar-refractivity contribution in [2.75, 3.05) is 0 Å². The van der Waals surface area contributed by atoms with Gasteiger partial charge in [0.2, 0.25) is 0 Å². The van der Waals surface area contributed by atoms with Crippen molar-refractivity contribution in [1.29, 1.82) is 0 Å². The molecule has 20 heavy (non-hydrogen) atoms. The molecule has 1 aliphatic carbocycles. The van der Waals surface area contributed by atoms with Gasteiger partial charge < -0.3 is 0 Å². The highest BCUT2D eigenvalue weighted by Gasteiger charge is 2.36. The molecule has 0 saturated heterocycles. The van der Waals surface area contributed by atoms with E-state index < -0.39 is 0 Å². The molecule has 4 heteroatoms. The molecule has 1 atom stereocenters. The number of halogens is 1. The van der Waals surface area contributed by atoms with Gasteiger partial charge in [0.25, 0.3) is 0 Å². The molecule has 2 aromatic rings. The summed E-state index contributed by atoms with van der Waals surface area (Å²) in [6.07, 6.45) is 5.19. The van der Waals surface area contributed by atoms with Crippen molar-refractivity contribution in [3.63, 3.8) is 0 Å². The molecule has 3 rings (SSSR count). The van der Waals surface area contributed by atoms with Crippen LogP contribution >= 0.6 is 15.9 Å². The summed E-state index contributed by atoms with van der Waals surface area (Å²) in [7, 11) is 3.67. The maximum Gasteiger partial charge on any atom is 0.328 e. The summed E-state index contributed by atoms with van der Waals surface area (Å²) in [4.78, 5) is 12.4. The highest BCUT2D eigenvalue weighted by molar-refractivity contribution is 9.09. The summed E-state index contributed by atoms with van der Waals surface area (Å²) in [5.41, 5.74) is 3.67. The highest BCUT2D eigenvalue weighted by Crippen LogP contribution is 2.51. The van der Waals surface area contributed by atoms with Crippen molar-refractivity contribution >= 4 is 27.0 Å². The predicted octanol–water partition coefficient (Wildman–Crippen LogP) is 3.89. The Hall–Kier alpha value is -1.03. The minimum atomic E-state index is 0.0374. The highest BCUT2D eigenvalue weighted by atomic mass is 79.9. The summed E-state index contributed by atoms with van der Waals surface area (Å²) >= 11 is 3.91. The van der Waals surface area contributed by atoms with Gasteiger partial charge in [0, 0.05) is 18.9 Å². The zero-order chi connectivity index (χ0) is 14.5. The monoisotopic (exact) mass is 336 g/mol. The normalized spacial score (nSPS) is 19.6. The first kappa shape index (κ1) is 13.9. The van der Waals surface area contributed by atoms with Crippen LogP contribution in [0.15, 0.2) is 23.0 Å². The van der Waals surface area contributed by atoms with E-state index in [4.69, 9.17) is 0 Å². The summed E-state index contributed by atoms with van der Waals surface area (Å²) in [5, 5.41) is 0. The Morgan fingerprint density at radius 3 is 2.40 bits per heavy atom. The van der Waals surface area contributed by atoms with Crippen LogP contribution in [0.3, 0.4) is 0 Å². The summed E-state index contributed by atoms with van der Waals surface area (Å²) in [5.74, 6) is 0. The second kappa shape index (κ2) is 4.76. The van der Waals surface area contributed by atoms with Gasteiger partial charge in [0.1, 0.15) is 0 Å². The number of aryl methyl sites for hydroxylation is 2. The van der Waals surface area contributed by atoms with Crippen LogP contribution in [0.2, 0.25) is 0 Å². The van der Waals surface area contributed by atoms with Crippen molar-refractivity contribution in [3.8, 4) is 0 Å². The van der Waals surface area contributed by atoms with E-state index in [0.717, 1.165) is 11.0 Å². The number of fused-ring (bicyclic) bond motifs is 1. The van der Waals surface area contributed by atoms with Crippen molar-refractivity contribution in [1.82, 2.24) is 9.13 Å². The van der Waals surface area contributed by atoms with E-state index in [1.807, 2.05) is 14.1 Å². The van der Waals surface area contributed by atoms with Gasteiger partial charge in [0.15, 0.2) is 0 Å². The zero-order valence-corrected chi connectivity index (χ0v) is 13.9. The van der Waals surface area contributed by atoms with Crippen LogP contribution in [0.5, 0.6) is 0 Å². The quantitative estimate of drug-likeness (QED) is 0.764. The van der Waals surface area contributed by atoms with Gasteiger partial charge in [-0.2, -0.15) is 0 Å². The number of hydrogen-bond acceptors (Lipinski definition) is 1. The molecule has 1 saturated carbocycles. The fourth-order valence-corrected chi connectivity index (χ4v) is 4.26. The molecule has 0 bridgehead atoms. The Morgan fingerprint density at radius 2 is 1.75 bits per heavy atom. The Balaban J connectivity index is 2.09. The van der Waals surface area contributed by atoms with Crippen LogP contribution in [0.25, 0.3) is 11.0 Å². The molecule has 3 nitrogen and oxygen atoms in total. The van der Waals surface area contributed by atoms with Crippen LogP contribution < -0.4 is 5.69 Å². The van der Waals surface area contributed by atoms with Crippen LogP contribution in [-0.2, 0) is 14.1 Å². The molecular weight excluding hydrogens is 316 g/mol. The third kappa shape index (κ3) is 1.96. The number of aromatic nitrogens is 2. The minimum absolute atomic E-state index is 0.0374. The summed E-state index contributed by atoms with van der Waals surface area (Å²) < 4.78 is 3.44. The lowest BCUT2D eigenvalue weighted by molar-refractivity contribution is 0.331. The first-order valence-electron chi connectivity index (χ1n) is 7.23. The van der Waals surface area contributed by atoms with E-state index in [0.29, 0.717) is 10.2 Å². The van der Waals surface area contributed by atoms with Crippen molar-refractivity contribution in [2.45, 2.75) is 37.4 Å². The average molecular weight is 337 g/mol. The lowest BCUT2D eigenvalue weighted by atomic mass is 9.82. The first-order valence-corrected chi connectivity index (χ1v) is 8.15. The predicted molar refractivity (Wildman–Crippen MR) is 86.4 cm³/mol. The van der Waals surface area contributed by atoms with E-state index in [1.54, 1.807) is 9.13 Å². The zero-order valence-electron chi connectivity index (χ0n) is 12.3. The van der Waals surface area contributed by atoms with Crippen LogP contribution in [0.1, 0.15) is 43.0 Å². The van der Waals surface area contributed by atoms with Gasteiger partial charge in [-0.05, 0) is 36.0 Å². The summed E-state index contributed by atoms with van der Waals surface area (Å²) in [6, 6.07) is 6.39. The van der Waals surface area contributed by atoms with E-state index in [1.165, 1.54) is 31.2 Å². The van der Waals surface area contributed by atoms with E-state index in [9.17, 15) is 4.79 Å². The third-order valence-corrected chi connectivity index (χ3v) is 6.58. The fraction of sp³-hybridized carbons (Fsp3) is 0.562. The molecule has 1 aliphatic rings. The first-order chi connectivity index (χ1) is 9.44. The maximum atomic E-state index is 12.0. The Morgan fingerprint density at radius 1 is 1.15 bits per heavy atom. The molecule has 1 aromatic carbocycles. The number of hydrogen-bond donors (Lipinski definition) is 0. The van der Waals surface area contributed by atoms with Crippen molar-refractivity contribution in [3.05, 3.63) is 34.2 Å². The van der Waals surface area contributed by atoms with Crippen LogP contribution in [0, 0.1) is 5.41 Å². The molecule has 0 aliphatic heterocycles. The average Bonchev–Trinajstić information content (AvgIpc) is 2.98. The molecule has 0 radical (unpaired) electrons. The molecule has 108 valence electrons. The number of alkyl halides is 1. The van der Waals surface area contributed by atoms with Gasteiger partial charge in [-0.15, -0.1) is 0 Å². The Kier molecular flexibility index (Phi) is 3.32. The number of nitrogens with zero attached hydrogens (tertiary/aromatic N) is 2. The standard InChI is InChI=1S/C16H21BrN2O/c1-16(8-4-5-9-16)14(17)11-6-7-12-13(10-11)19(3)15(20)18(12)2/h6-7,10,14H,4-5,8-9H2,1-3H3. The SMILES string of the molecule is Cn1c(=O)n(C)c2cc(C(Br)C3(C)CCCC3)ccc21. The molecule has 0 N–H and O–H groups in total. The van der Waals surface area contributed by atoms with Crippen LogP contribution in [0.4, 0.5) is 0 Å².